The molecule has 1 fully saturated rings. The topological polar surface area (TPSA) is 66.5 Å². The standard InChI is InChI=1S/C20H24N2O3S2/c1-26-16-10-12-17(13-11-16)27(24,25)21-19-9-5-4-8-18(19)20(23)22-14-6-2-3-7-15-22/h4-5,8-13,21H,2-3,6-7,14-15H2,1H3. The van der Waals surface area contributed by atoms with E-state index in [-0.39, 0.29) is 10.8 Å². The van der Waals surface area contributed by atoms with Crippen LogP contribution in [0.4, 0.5) is 5.69 Å². The summed E-state index contributed by atoms with van der Waals surface area (Å²) in [5, 5.41) is 0. The lowest BCUT2D eigenvalue weighted by atomic mass is 10.1. The number of hydrogen-bond donors (Lipinski definition) is 1. The van der Waals surface area contributed by atoms with Gasteiger partial charge >= 0.3 is 0 Å². The lowest BCUT2D eigenvalue weighted by molar-refractivity contribution is 0.0762. The van der Waals surface area contributed by atoms with Crippen LogP contribution in [0.25, 0.3) is 0 Å². The Labute approximate surface area is 165 Å². The number of thioether (sulfide) groups is 1. The number of amides is 1. The fraction of sp³-hybridized carbons (Fsp3) is 0.350. The number of sulfonamides is 1. The molecule has 0 aliphatic carbocycles. The average Bonchev–Trinajstić information content (AvgIpc) is 2.97. The lowest BCUT2D eigenvalue weighted by Gasteiger charge is -2.22. The van der Waals surface area contributed by atoms with Crippen molar-refractivity contribution in [3.8, 4) is 0 Å². The normalized spacial score (nSPS) is 15.2. The molecule has 0 aromatic heterocycles. The number of nitrogens with one attached hydrogen (secondary N) is 1. The van der Waals surface area contributed by atoms with Gasteiger partial charge in [0.25, 0.3) is 15.9 Å². The van der Waals surface area contributed by atoms with Gasteiger partial charge in [-0.1, -0.05) is 25.0 Å². The van der Waals surface area contributed by atoms with Crippen LogP contribution in [0.3, 0.4) is 0 Å². The number of rotatable bonds is 5. The summed E-state index contributed by atoms with van der Waals surface area (Å²) < 4.78 is 28.1. The van der Waals surface area contributed by atoms with E-state index >= 15 is 0 Å². The van der Waals surface area contributed by atoms with Crippen molar-refractivity contribution >= 4 is 33.4 Å². The van der Waals surface area contributed by atoms with E-state index in [0.29, 0.717) is 11.3 Å². The van der Waals surface area contributed by atoms with Crippen molar-refractivity contribution in [3.05, 3.63) is 54.1 Å². The quantitative estimate of drug-likeness (QED) is 0.758. The van der Waals surface area contributed by atoms with Crippen molar-refractivity contribution in [1.29, 1.82) is 0 Å². The minimum Gasteiger partial charge on any atom is -0.339 e. The Morgan fingerprint density at radius 3 is 2.22 bits per heavy atom. The summed E-state index contributed by atoms with van der Waals surface area (Å²) in [4.78, 5) is 16.0. The van der Waals surface area contributed by atoms with E-state index in [1.807, 2.05) is 11.2 Å². The Balaban J connectivity index is 1.85. The second kappa shape index (κ2) is 8.80. The first-order valence-corrected chi connectivity index (χ1v) is 11.8. The van der Waals surface area contributed by atoms with E-state index in [1.165, 1.54) is 0 Å². The predicted molar refractivity (Wildman–Crippen MR) is 110 cm³/mol. The Morgan fingerprint density at radius 2 is 1.59 bits per heavy atom. The Hall–Kier alpha value is -1.99. The Kier molecular flexibility index (Phi) is 6.44. The molecule has 1 saturated heterocycles. The number of hydrogen-bond acceptors (Lipinski definition) is 4. The van der Waals surface area contributed by atoms with Gasteiger partial charge in [0.1, 0.15) is 0 Å². The molecule has 2 aromatic rings. The fourth-order valence-corrected chi connectivity index (χ4v) is 4.65. The van der Waals surface area contributed by atoms with Crippen LogP contribution in [0, 0.1) is 0 Å². The van der Waals surface area contributed by atoms with Gasteiger partial charge < -0.3 is 4.90 Å². The third-order valence-electron chi connectivity index (χ3n) is 4.66. The van der Waals surface area contributed by atoms with Crippen molar-refractivity contribution in [1.82, 2.24) is 4.90 Å². The van der Waals surface area contributed by atoms with E-state index in [0.717, 1.165) is 43.7 Å². The SMILES string of the molecule is CSc1ccc(S(=O)(=O)Nc2ccccc2C(=O)N2CCCCCC2)cc1. The zero-order chi connectivity index (χ0) is 19.3. The molecule has 1 aliphatic rings. The predicted octanol–water partition coefficient (Wildman–Crippen LogP) is 4.23. The van der Waals surface area contributed by atoms with Gasteiger partial charge in [0.2, 0.25) is 0 Å². The molecule has 1 heterocycles. The van der Waals surface area contributed by atoms with Gasteiger partial charge in [-0.2, -0.15) is 0 Å². The number of benzene rings is 2. The highest BCUT2D eigenvalue weighted by Gasteiger charge is 2.22. The molecule has 0 radical (unpaired) electrons. The number of carbonyl (C=O) groups is 1. The van der Waals surface area contributed by atoms with Crippen LogP contribution < -0.4 is 4.72 Å². The number of anilines is 1. The first-order valence-electron chi connectivity index (χ1n) is 9.06. The minimum atomic E-state index is -3.76. The first-order chi connectivity index (χ1) is 13.0. The molecule has 1 amide bonds. The van der Waals surface area contributed by atoms with E-state index in [2.05, 4.69) is 4.72 Å². The first kappa shape index (κ1) is 19.8. The molecule has 1 aliphatic heterocycles. The van der Waals surface area contributed by atoms with Crippen LogP contribution in [-0.2, 0) is 10.0 Å². The molecule has 0 atom stereocenters. The summed E-state index contributed by atoms with van der Waals surface area (Å²) >= 11 is 1.55. The second-order valence-electron chi connectivity index (χ2n) is 6.53. The molecule has 2 aromatic carbocycles. The van der Waals surface area contributed by atoms with Gasteiger partial charge in [-0.3, -0.25) is 9.52 Å². The van der Waals surface area contributed by atoms with Gasteiger partial charge in [-0.25, -0.2) is 8.42 Å². The molecule has 7 heteroatoms. The lowest BCUT2D eigenvalue weighted by Crippen LogP contribution is -2.32. The summed E-state index contributed by atoms with van der Waals surface area (Å²) in [5.41, 5.74) is 0.712. The minimum absolute atomic E-state index is 0.118. The van der Waals surface area contributed by atoms with Crippen LogP contribution >= 0.6 is 11.8 Å². The molecule has 144 valence electrons. The molecule has 5 nitrogen and oxygen atoms in total. The number of para-hydroxylation sites is 1. The third-order valence-corrected chi connectivity index (χ3v) is 6.79. The van der Waals surface area contributed by atoms with E-state index in [4.69, 9.17) is 0 Å². The molecule has 0 bridgehead atoms. The van der Waals surface area contributed by atoms with E-state index in [1.54, 1.807) is 60.3 Å². The molecular weight excluding hydrogens is 380 g/mol. The molecular formula is C20H24N2O3S2. The Morgan fingerprint density at radius 1 is 0.963 bits per heavy atom. The maximum absolute atomic E-state index is 13.0. The summed E-state index contributed by atoms with van der Waals surface area (Å²) in [6.07, 6.45) is 6.17. The Bertz CT molecular complexity index is 888. The van der Waals surface area contributed by atoms with Gasteiger partial charge in [-0.05, 0) is 55.5 Å². The monoisotopic (exact) mass is 404 g/mol. The zero-order valence-corrected chi connectivity index (χ0v) is 17.0. The summed E-state index contributed by atoms with van der Waals surface area (Å²) in [6, 6.07) is 13.5. The van der Waals surface area contributed by atoms with Crippen LogP contribution in [0.15, 0.2) is 58.3 Å². The van der Waals surface area contributed by atoms with Crippen molar-refractivity contribution in [2.45, 2.75) is 35.5 Å². The molecule has 0 saturated carbocycles. The van der Waals surface area contributed by atoms with Crippen LogP contribution in [-0.4, -0.2) is 38.6 Å². The van der Waals surface area contributed by atoms with Crippen molar-refractivity contribution in [2.75, 3.05) is 24.1 Å². The largest absolute Gasteiger partial charge is 0.339 e. The highest BCUT2D eigenvalue weighted by atomic mass is 32.2. The second-order valence-corrected chi connectivity index (χ2v) is 9.10. The van der Waals surface area contributed by atoms with Crippen LogP contribution in [0.2, 0.25) is 0 Å². The van der Waals surface area contributed by atoms with Gasteiger partial charge in [0, 0.05) is 18.0 Å². The maximum Gasteiger partial charge on any atom is 0.261 e. The van der Waals surface area contributed by atoms with Crippen molar-refractivity contribution in [2.24, 2.45) is 0 Å². The molecule has 0 spiro atoms. The highest BCUT2D eigenvalue weighted by Crippen LogP contribution is 2.24. The molecule has 1 N–H and O–H groups in total. The average molecular weight is 405 g/mol. The summed E-state index contributed by atoms with van der Waals surface area (Å²) in [5.74, 6) is -0.118. The molecule has 27 heavy (non-hydrogen) atoms. The van der Waals surface area contributed by atoms with E-state index in [9.17, 15) is 13.2 Å². The molecule has 3 rings (SSSR count). The zero-order valence-electron chi connectivity index (χ0n) is 15.3. The van der Waals surface area contributed by atoms with Crippen LogP contribution in [0.5, 0.6) is 0 Å². The summed E-state index contributed by atoms with van der Waals surface area (Å²) in [6.45, 7) is 1.44. The maximum atomic E-state index is 13.0. The number of likely N-dealkylation sites (tertiary alicyclic amines) is 1. The molecule has 0 unspecified atom stereocenters. The number of carbonyl (C=O) groups excluding carboxylic acids is 1. The third kappa shape index (κ3) is 4.84. The highest BCUT2D eigenvalue weighted by molar-refractivity contribution is 7.98. The van der Waals surface area contributed by atoms with Gasteiger partial charge in [0.05, 0.1) is 16.1 Å². The van der Waals surface area contributed by atoms with Gasteiger partial charge in [-0.15, -0.1) is 11.8 Å². The van der Waals surface area contributed by atoms with Gasteiger partial charge in [0.15, 0.2) is 0 Å². The smallest absolute Gasteiger partial charge is 0.261 e. The number of nitrogens with zero attached hydrogens (tertiary/aromatic N) is 1. The fourth-order valence-electron chi connectivity index (χ4n) is 3.16. The van der Waals surface area contributed by atoms with Crippen molar-refractivity contribution < 1.29 is 13.2 Å². The van der Waals surface area contributed by atoms with Crippen LogP contribution in [0.1, 0.15) is 36.0 Å². The summed E-state index contributed by atoms with van der Waals surface area (Å²) in [7, 11) is -3.76. The van der Waals surface area contributed by atoms with Crippen molar-refractivity contribution in [3.63, 3.8) is 0 Å². The van der Waals surface area contributed by atoms with E-state index < -0.39 is 10.0 Å².